The highest BCUT2D eigenvalue weighted by Gasteiger charge is 2.33. The molecule has 2 N–H and O–H groups in total. The fourth-order valence-electron chi connectivity index (χ4n) is 3.35. The minimum atomic E-state index is -0.380. The molecule has 1 aliphatic rings. The number of ether oxygens (including phenoxy) is 2. The van der Waals surface area contributed by atoms with Gasteiger partial charge in [0.15, 0.2) is 11.5 Å². The molecule has 0 bridgehead atoms. The second-order valence-electron chi connectivity index (χ2n) is 6.75. The zero-order valence-corrected chi connectivity index (χ0v) is 15.7. The number of methoxy groups -OCH3 is 2. The van der Waals surface area contributed by atoms with Crippen LogP contribution in [0, 0.1) is 13.8 Å². The van der Waals surface area contributed by atoms with Gasteiger partial charge in [0.25, 0.3) is 0 Å². The van der Waals surface area contributed by atoms with Crippen molar-refractivity contribution in [2.24, 2.45) is 5.73 Å². The number of likely N-dealkylation sites (tertiary alicyclic amines) is 1. The molecule has 1 aliphatic heterocycles. The molecule has 7 heteroatoms. The normalized spacial score (nSPS) is 15.5. The average Bonchev–Trinajstić information content (AvgIpc) is 2.90. The third-order valence-corrected chi connectivity index (χ3v) is 4.84. The quantitative estimate of drug-likeness (QED) is 0.854. The highest BCUT2D eigenvalue weighted by atomic mass is 16.5. The first-order valence-electron chi connectivity index (χ1n) is 8.71. The standard InChI is InChI=1S/C19H26N4O3/c1-12-7-13(2)23(21-12)15-10-22(11-15)19(24)9-16(20)14-5-6-17(25-3)18(8-14)26-4/h5-8,15-16H,9-11,20H2,1-4H3/t16-/m1/s1. The molecule has 0 unspecified atom stereocenters. The van der Waals surface area contributed by atoms with Crippen molar-refractivity contribution in [3.8, 4) is 11.5 Å². The maximum atomic E-state index is 12.5. The Morgan fingerprint density at radius 3 is 2.50 bits per heavy atom. The van der Waals surface area contributed by atoms with Crippen LogP contribution in [-0.4, -0.2) is 47.9 Å². The van der Waals surface area contributed by atoms with Crippen molar-refractivity contribution in [1.82, 2.24) is 14.7 Å². The van der Waals surface area contributed by atoms with Crippen LogP contribution in [0.1, 0.15) is 35.5 Å². The van der Waals surface area contributed by atoms with E-state index in [0.717, 1.165) is 17.0 Å². The van der Waals surface area contributed by atoms with Crippen LogP contribution < -0.4 is 15.2 Å². The van der Waals surface area contributed by atoms with Crippen LogP contribution in [0.4, 0.5) is 0 Å². The van der Waals surface area contributed by atoms with Gasteiger partial charge in [-0.3, -0.25) is 9.48 Å². The van der Waals surface area contributed by atoms with Gasteiger partial charge in [-0.25, -0.2) is 0 Å². The number of hydrogen-bond acceptors (Lipinski definition) is 5. The highest BCUT2D eigenvalue weighted by molar-refractivity contribution is 5.78. The molecule has 2 aromatic rings. The Hall–Kier alpha value is -2.54. The molecule has 0 radical (unpaired) electrons. The maximum absolute atomic E-state index is 12.5. The number of hydrogen-bond donors (Lipinski definition) is 1. The Labute approximate surface area is 153 Å². The van der Waals surface area contributed by atoms with E-state index in [4.69, 9.17) is 15.2 Å². The number of benzene rings is 1. The molecule has 1 fully saturated rings. The first-order chi connectivity index (χ1) is 12.4. The van der Waals surface area contributed by atoms with E-state index in [2.05, 4.69) is 11.2 Å². The summed E-state index contributed by atoms with van der Waals surface area (Å²) in [6, 6.07) is 7.43. The predicted molar refractivity (Wildman–Crippen MR) is 98.4 cm³/mol. The molecule has 7 nitrogen and oxygen atoms in total. The van der Waals surface area contributed by atoms with Gasteiger partial charge in [-0.05, 0) is 37.6 Å². The van der Waals surface area contributed by atoms with Crippen LogP contribution in [-0.2, 0) is 4.79 Å². The van der Waals surface area contributed by atoms with Crippen molar-refractivity contribution < 1.29 is 14.3 Å². The van der Waals surface area contributed by atoms with Gasteiger partial charge >= 0.3 is 0 Å². The monoisotopic (exact) mass is 358 g/mol. The molecule has 1 saturated heterocycles. The molecule has 26 heavy (non-hydrogen) atoms. The van der Waals surface area contributed by atoms with Crippen molar-refractivity contribution in [2.75, 3.05) is 27.3 Å². The number of carbonyl (C=O) groups excluding carboxylic acids is 1. The maximum Gasteiger partial charge on any atom is 0.224 e. The van der Waals surface area contributed by atoms with Gasteiger partial charge < -0.3 is 20.1 Å². The molecular formula is C19H26N4O3. The Balaban J connectivity index is 1.58. The van der Waals surface area contributed by atoms with Gasteiger partial charge in [0.05, 0.1) is 26.0 Å². The van der Waals surface area contributed by atoms with E-state index >= 15 is 0 Å². The summed E-state index contributed by atoms with van der Waals surface area (Å²) in [6.07, 6.45) is 0.263. The third-order valence-electron chi connectivity index (χ3n) is 4.84. The zero-order chi connectivity index (χ0) is 18.8. The summed E-state index contributed by atoms with van der Waals surface area (Å²) in [5.41, 5.74) is 9.22. The third kappa shape index (κ3) is 3.53. The Morgan fingerprint density at radius 2 is 1.92 bits per heavy atom. The fourth-order valence-corrected chi connectivity index (χ4v) is 3.35. The number of rotatable bonds is 6. The van der Waals surface area contributed by atoms with Crippen LogP contribution in [0.15, 0.2) is 24.3 Å². The van der Waals surface area contributed by atoms with Crippen LogP contribution in [0.2, 0.25) is 0 Å². The Kier molecular flexibility index (Phi) is 5.18. The smallest absolute Gasteiger partial charge is 0.224 e. The first kappa shape index (κ1) is 18.3. The molecule has 3 rings (SSSR count). The molecule has 1 amide bonds. The Bertz CT molecular complexity index is 796. The van der Waals surface area contributed by atoms with E-state index in [9.17, 15) is 4.79 Å². The second kappa shape index (κ2) is 7.37. The van der Waals surface area contributed by atoms with Gasteiger partial charge in [0.2, 0.25) is 5.91 Å². The highest BCUT2D eigenvalue weighted by Crippen LogP contribution is 2.31. The minimum absolute atomic E-state index is 0.0602. The lowest BCUT2D eigenvalue weighted by Crippen LogP contribution is -2.51. The molecule has 0 aliphatic carbocycles. The number of nitrogens with two attached hydrogens (primary N) is 1. The van der Waals surface area contributed by atoms with Crippen molar-refractivity contribution in [3.05, 3.63) is 41.2 Å². The Morgan fingerprint density at radius 1 is 1.23 bits per heavy atom. The fraction of sp³-hybridized carbons (Fsp3) is 0.474. The lowest BCUT2D eigenvalue weighted by atomic mass is 10.0. The molecule has 1 aromatic heterocycles. The molecular weight excluding hydrogens is 332 g/mol. The van der Waals surface area contributed by atoms with Gasteiger partial charge in [0.1, 0.15) is 0 Å². The van der Waals surface area contributed by atoms with Gasteiger partial charge in [-0.2, -0.15) is 5.10 Å². The van der Waals surface area contributed by atoms with Gasteiger partial charge in [-0.1, -0.05) is 6.07 Å². The molecule has 140 valence electrons. The summed E-state index contributed by atoms with van der Waals surface area (Å²) in [5, 5.41) is 4.50. The summed E-state index contributed by atoms with van der Waals surface area (Å²) >= 11 is 0. The van der Waals surface area contributed by atoms with E-state index in [1.54, 1.807) is 20.3 Å². The van der Waals surface area contributed by atoms with Crippen LogP contribution in [0.3, 0.4) is 0 Å². The minimum Gasteiger partial charge on any atom is -0.493 e. The lowest BCUT2D eigenvalue weighted by molar-refractivity contribution is -0.137. The second-order valence-corrected chi connectivity index (χ2v) is 6.75. The number of nitrogens with zero attached hydrogens (tertiary/aromatic N) is 3. The first-order valence-corrected chi connectivity index (χ1v) is 8.71. The van der Waals surface area contributed by atoms with Crippen molar-refractivity contribution in [3.63, 3.8) is 0 Å². The largest absolute Gasteiger partial charge is 0.493 e. The topological polar surface area (TPSA) is 82.6 Å². The number of aryl methyl sites for hydroxylation is 2. The number of aromatic nitrogens is 2. The SMILES string of the molecule is COc1ccc([C@H](N)CC(=O)N2CC(n3nc(C)cc3C)C2)cc1OC. The summed E-state index contributed by atoms with van der Waals surface area (Å²) in [4.78, 5) is 14.3. The van der Waals surface area contributed by atoms with E-state index in [1.165, 1.54) is 0 Å². The van der Waals surface area contributed by atoms with Crippen LogP contribution >= 0.6 is 0 Å². The van der Waals surface area contributed by atoms with Crippen molar-refractivity contribution in [2.45, 2.75) is 32.4 Å². The summed E-state index contributed by atoms with van der Waals surface area (Å²) in [5.74, 6) is 1.32. The number of carbonyl (C=O) groups is 1. The molecule has 0 spiro atoms. The van der Waals surface area contributed by atoms with Gasteiger partial charge in [-0.15, -0.1) is 0 Å². The van der Waals surface area contributed by atoms with Crippen LogP contribution in [0.25, 0.3) is 0 Å². The summed E-state index contributed by atoms with van der Waals surface area (Å²) in [7, 11) is 3.17. The summed E-state index contributed by atoms with van der Waals surface area (Å²) in [6.45, 7) is 5.38. The summed E-state index contributed by atoms with van der Waals surface area (Å²) < 4.78 is 12.5. The number of amides is 1. The predicted octanol–water partition coefficient (Wildman–Crippen LogP) is 1.99. The van der Waals surface area contributed by atoms with E-state index in [0.29, 0.717) is 24.6 Å². The molecule has 0 saturated carbocycles. The van der Waals surface area contributed by atoms with E-state index in [-0.39, 0.29) is 24.4 Å². The molecule has 1 atom stereocenters. The van der Waals surface area contributed by atoms with Crippen molar-refractivity contribution >= 4 is 5.91 Å². The molecule has 1 aromatic carbocycles. The lowest BCUT2D eigenvalue weighted by Gasteiger charge is -2.40. The van der Waals surface area contributed by atoms with E-state index < -0.39 is 0 Å². The van der Waals surface area contributed by atoms with Gasteiger partial charge in [0, 0.05) is 31.2 Å². The zero-order valence-electron chi connectivity index (χ0n) is 15.7. The van der Waals surface area contributed by atoms with Crippen LogP contribution in [0.5, 0.6) is 11.5 Å². The average molecular weight is 358 g/mol. The molecule has 2 heterocycles. The van der Waals surface area contributed by atoms with Crippen molar-refractivity contribution in [1.29, 1.82) is 0 Å². The van der Waals surface area contributed by atoms with E-state index in [1.807, 2.05) is 35.6 Å².